The van der Waals surface area contributed by atoms with E-state index in [4.69, 9.17) is 0 Å². The van der Waals surface area contributed by atoms with Crippen molar-refractivity contribution < 1.29 is 21.1 Å². The molecule has 0 saturated heterocycles. The van der Waals surface area contributed by atoms with Crippen LogP contribution >= 0.6 is 0 Å². The summed E-state index contributed by atoms with van der Waals surface area (Å²) >= 11 is 0. The van der Waals surface area contributed by atoms with E-state index in [0.717, 1.165) is 24.5 Å². The Kier molecular flexibility index (Phi) is 5.08. The first-order valence-electron chi connectivity index (χ1n) is 3.92. The minimum absolute atomic E-state index is 0. The molecule has 1 aliphatic rings. The van der Waals surface area contributed by atoms with Gasteiger partial charge in [0.05, 0.1) is 0 Å². The fourth-order valence-electron chi connectivity index (χ4n) is 1.37. The van der Waals surface area contributed by atoms with Crippen molar-refractivity contribution >= 4 is 5.82 Å². The van der Waals surface area contributed by atoms with Gasteiger partial charge in [-0.25, -0.2) is 6.92 Å². The quantitative estimate of drug-likeness (QED) is 0.728. The summed E-state index contributed by atoms with van der Waals surface area (Å²) in [6, 6.07) is 4.07. The standard InChI is InChI=1S/C9H11N2.CH3.W/c1-7-4-5-8-3-2-6-10-9(8)11-7;;/h4-5H,1-3,6H2,(H,10,11);1H3;/q2*-1;+2. The molecule has 0 radical (unpaired) electrons. The fourth-order valence-corrected chi connectivity index (χ4v) is 1.37. The molecule has 0 unspecified atom stereocenters. The molecule has 1 N–H and O–H groups in total. The Balaban J connectivity index is 0.000000720. The maximum absolute atomic E-state index is 4.29. The number of hydrogen-bond donors (Lipinski definition) is 1. The third-order valence-corrected chi connectivity index (χ3v) is 1.95. The maximum atomic E-state index is 4.29. The molecule has 1 aromatic heterocycles. The van der Waals surface area contributed by atoms with Crippen LogP contribution in [0.15, 0.2) is 12.1 Å². The molecule has 1 aliphatic heterocycles. The predicted molar refractivity (Wildman–Crippen MR) is 51.9 cm³/mol. The van der Waals surface area contributed by atoms with E-state index in [-0.39, 0.29) is 28.5 Å². The van der Waals surface area contributed by atoms with E-state index in [1.807, 2.05) is 6.07 Å². The van der Waals surface area contributed by atoms with Crippen LogP contribution in [0, 0.1) is 14.4 Å². The van der Waals surface area contributed by atoms with E-state index in [9.17, 15) is 0 Å². The van der Waals surface area contributed by atoms with Crippen molar-refractivity contribution in [2.45, 2.75) is 12.8 Å². The van der Waals surface area contributed by atoms with Crippen molar-refractivity contribution in [3.63, 3.8) is 0 Å². The largest absolute Gasteiger partial charge is 2.00 e. The second kappa shape index (κ2) is 5.28. The molecule has 1 aromatic rings. The van der Waals surface area contributed by atoms with Crippen LogP contribution in [0.2, 0.25) is 0 Å². The van der Waals surface area contributed by atoms with Crippen LogP contribution < -0.4 is 5.32 Å². The smallest absolute Gasteiger partial charge is 0.370 e. The Labute approximate surface area is 94.4 Å². The van der Waals surface area contributed by atoms with Gasteiger partial charge in [0.25, 0.3) is 0 Å². The van der Waals surface area contributed by atoms with Gasteiger partial charge in [0.1, 0.15) is 5.82 Å². The molecule has 0 fully saturated rings. The van der Waals surface area contributed by atoms with E-state index in [2.05, 4.69) is 23.3 Å². The van der Waals surface area contributed by atoms with E-state index in [1.165, 1.54) is 12.0 Å². The first-order valence-corrected chi connectivity index (χ1v) is 3.92. The number of aryl methyl sites for hydroxylation is 1. The number of hydrogen-bond acceptors (Lipinski definition) is 2. The molecule has 0 saturated carbocycles. The van der Waals surface area contributed by atoms with E-state index in [0.29, 0.717) is 0 Å². The molecule has 0 aromatic carbocycles. The summed E-state index contributed by atoms with van der Waals surface area (Å²) in [5.74, 6) is 1.03. The molecule has 2 nitrogen and oxygen atoms in total. The van der Waals surface area contributed by atoms with Gasteiger partial charge in [-0.2, -0.15) is 6.07 Å². The summed E-state index contributed by atoms with van der Waals surface area (Å²) in [5.41, 5.74) is 2.17. The second-order valence-corrected chi connectivity index (χ2v) is 2.84. The Morgan fingerprint density at radius 3 is 2.92 bits per heavy atom. The molecule has 0 spiro atoms. The summed E-state index contributed by atoms with van der Waals surface area (Å²) in [6.45, 7) is 4.82. The Morgan fingerprint density at radius 2 is 2.15 bits per heavy atom. The van der Waals surface area contributed by atoms with Gasteiger partial charge < -0.3 is 12.7 Å². The zero-order valence-electron chi connectivity index (χ0n) is 7.84. The molecule has 13 heavy (non-hydrogen) atoms. The molecule has 0 bridgehead atoms. The first-order chi connectivity index (χ1) is 5.36. The van der Waals surface area contributed by atoms with Gasteiger partial charge in [-0.3, -0.25) is 4.98 Å². The third kappa shape index (κ3) is 2.73. The van der Waals surface area contributed by atoms with E-state index < -0.39 is 0 Å². The van der Waals surface area contributed by atoms with E-state index in [1.54, 1.807) is 0 Å². The number of pyridine rings is 1. The Bertz CT molecular complexity index is 274. The fraction of sp³-hybridized carbons (Fsp3) is 0.300. The van der Waals surface area contributed by atoms with Gasteiger partial charge in [-0.05, 0) is 18.4 Å². The molecule has 3 heteroatoms. The first kappa shape index (κ1) is 12.5. The minimum atomic E-state index is 0. The summed E-state index contributed by atoms with van der Waals surface area (Å²) < 4.78 is 0. The maximum Gasteiger partial charge on any atom is 2.00 e. The molecular weight excluding hydrogens is 332 g/mol. The van der Waals surface area contributed by atoms with Crippen LogP contribution in [0.25, 0.3) is 0 Å². The summed E-state index contributed by atoms with van der Waals surface area (Å²) in [7, 11) is 0. The zero-order chi connectivity index (χ0) is 7.68. The van der Waals surface area contributed by atoms with Gasteiger partial charge in [-0.15, -0.1) is 11.8 Å². The molecule has 2 rings (SSSR count). The van der Waals surface area contributed by atoms with Gasteiger partial charge in [0.15, 0.2) is 0 Å². The normalized spacial score (nSPS) is 12.9. The van der Waals surface area contributed by atoms with Gasteiger partial charge >= 0.3 is 21.1 Å². The zero-order valence-corrected chi connectivity index (χ0v) is 10.8. The summed E-state index contributed by atoms with van der Waals surface area (Å²) in [6.07, 6.45) is 2.36. The molecule has 0 amide bonds. The molecule has 0 atom stereocenters. The van der Waals surface area contributed by atoms with Crippen molar-refractivity contribution in [2.24, 2.45) is 0 Å². The van der Waals surface area contributed by atoms with Crippen LogP contribution in [0.3, 0.4) is 0 Å². The SMILES string of the molecule is [CH2-]c1ccc2c(n1)NCCC2.[CH3-].[W+2]. The van der Waals surface area contributed by atoms with Crippen molar-refractivity contribution in [3.05, 3.63) is 37.7 Å². The molecule has 0 aliphatic carbocycles. The summed E-state index contributed by atoms with van der Waals surface area (Å²) in [4.78, 5) is 4.29. The van der Waals surface area contributed by atoms with Crippen LogP contribution in [0.1, 0.15) is 17.7 Å². The second-order valence-electron chi connectivity index (χ2n) is 2.84. The molecular formula is C10H14N2W. The number of nitrogens with one attached hydrogen (secondary N) is 1. The van der Waals surface area contributed by atoms with Gasteiger partial charge in [0, 0.05) is 6.54 Å². The number of nitrogens with zero attached hydrogens (tertiary/aromatic N) is 1. The average molecular weight is 346 g/mol. The molecule has 2 heterocycles. The number of fused-ring (bicyclic) bond motifs is 1. The Morgan fingerprint density at radius 1 is 1.38 bits per heavy atom. The number of aromatic nitrogens is 1. The van der Waals surface area contributed by atoms with Crippen LogP contribution in [-0.2, 0) is 27.5 Å². The predicted octanol–water partition coefficient (Wildman–Crippen LogP) is 2.07. The van der Waals surface area contributed by atoms with Crippen LogP contribution in [0.4, 0.5) is 5.82 Å². The van der Waals surface area contributed by atoms with Crippen molar-refractivity contribution in [3.8, 4) is 0 Å². The van der Waals surface area contributed by atoms with E-state index >= 15 is 0 Å². The monoisotopic (exact) mass is 346 g/mol. The average Bonchev–Trinajstić information content (AvgIpc) is 2.04. The topological polar surface area (TPSA) is 24.9 Å². The number of rotatable bonds is 0. The van der Waals surface area contributed by atoms with Gasteiger partial charge in [-0.1, -0.05) is 0 Å². The van der Waals surface area contributed by atoms with Gasteiger partial charge in [0.2, 0.25) is 0 Å². The third-order valence-electron chi connectivity index (χ3n) is 1.95. The molecule has 70 valence electrons. The number of anilines is 1. The van der Waals surface area contributed by atoms with Crippen molar-refractivity contribution in [2.75, 3.05) is 11.9 Å². The van der Waals surface area contributed by atoms with Crippen molar-refractivity contribution in [1.82, 2.24) is 4.98 Å². The van der Waals surface area contributed by atoms with Crippen LogP contribution in [-0.4, -0.2) is 11.5 Å². The minimum Gasteiger partial charge on any atom is -0.370 e. The summed E-state index contributed by atoms with van der Waals surface area (Å²) in [5, 5.41) is 3.25. The van der Waals surface area contributed by atoms with Crippen LogP contribution in [0.5, 0.6) is 0 Å². The van der Waals surface area contributed by atoms with Crippen molar-refractivity contribution in [1.29, 1.82) is 0 Å². The Hall–Kier alpha value is -0.492.